The number of halogens is 1. The molecule has 0 spiro atoms. The minimum Gasteiger partial charge on any atom is -0.460 e. The molecular formula is C14H15ClN4O2. The number of hydrogen-bond donors (Lipinski definition) is 1. The van der Waals surface area contributed by atoms with Crippen LogP contribution in [0.1, 0.15) is 13.8 Å². The Hall–Kier alpha value is -2.34. The number of rotatable bonds is 4. The molecule has 1 aromatic carbocycles. The summed E-state index contributed by atoms with van der Waals surface area (Å²) < 4.78 is 6.37. The first-order valence-corrected chi connectivity index (χ1v) is 6.69. The molecule has 21 heavy (non-hydrogen) atoms. The van der Waals surface area contributed by atoms with E-state index < -0.39 is 5.97 Å². The van der Waals surface area contributed by atoms with Crippen molar-refractivity contribution in [3.63, 3.8) is 0 Å². The molecule has 1 aromatic heterocycles. The number of aromatic nitrogens is 3. The number of carbonyl (C=O) groups excluding carboxylic acids is 1. The lowest BCUT2D eigenvalue weighted by Gasteiger charge is -2.03. The zero-order valence-electron chi connectivity index (χ0n) is 11.7. The van der Waals surface area contributed by atoms with E-state index >= 15 is 0 Å². The Balaban J connectivity index is 2.16. The number of nitrogen functional groups attached to an aromatic ring is 1. The molecule has 0 bridgehead atoms. The number of hydrogen-bond acceptors (Lipinski definition) is 5. The molecule has 0 unspecified atom stereocenters. The van der Waals surface area contributed by atoms with E-state index in [2.05, 4.69) is 10.1 Å². The molecular weight excluding hydrogens is 292 g/mol. The lowest BCUT2D eigenvalue weighted by molar-refractivity contribution is -0.141. The van der Waals surface area contributed by atoms with Crippen LogP contribution in [0.2, 0.25) is 5.02 Å². The SMILES string of the molecule is CC(C)OC(=O)C=Cn1cnc(-c2cc(Cl)ccc2N)n1. The molecule has 0 aliphatic carbocycles. The van der Waals surface area contributed by atoms with E-state index in [0.717, 1.165) is 0 Å². The van der Waals surface area contributed by atoms with Gasteiger partial charge in [0.15, 0.2) is 5.82 Å². The van der Waals surface area contributed by atoms with Crippen LogP contribution >= 0.6 is 11.6 Å². The third kappa shape index (κ3) is 4.06. The first-order valence-electron chi connectivity index (χ1n) is 6.31. The molecule has 0 saturated carbocycles. The monoisotopic (exact) mass is 306 g/mol. The van der Waals surface area contributed by atoms with Crippen molar-refractivity contribution < 1.29 is 9.53 Å². The lowest BCUT2D eigenvalue weighted by atomic mass is 10.2. The summed E-state index contributed by atoms with van der Waals surface area (Å²) in [7, 11) is 0. The van der Waals surface area contributed by atoms with E-state index in [9.17, 15) is 4.79 Å². The summed E-state index contributed by atoms with van der Waals surface area (Å²) in [6.45, 7) is 3.56. The highest BCUT2D eigenvalue weighted by molar-refractivity contribution is 6.31. The molecule has 0 aliphatic heterocycles. The van der Waals surface area contributed by atoms with Gasteiger partial charge in [-0.25, -0.2) is 14.5 Å². The van der Waals surface area contributed by atoms with Gasteiger partial charge in [-0.15, -0.1) is 5.10 Å². The summed E-state index contributed by atoms with van der Waals surface area (Å²) in [4.78, 5) is 15.5. The quantitative estimate of drug-likeness (QED) is 0.533. The molecule has 0 radical (unpaired) electrons. The number of nitrogens with zero attached hydrogens (tertiary/aromatic N) is 3. The average Bonchev–Trinajstić information content (AvgIpc) is 2.87. The number of esters is 1. The Labute approximate surface area is 127 Å². The van der Waals surface area contributed by atoms with Crippen molar-refractivity contribution in [3.8, 4) is 11.4 Å². The number of ether oxygens (including phenoxy) is 1. The minimum absolute atomic E-state index is 0.167. The minimum atomic E-state index is -0.440. The van der Waals surface area contributed by atoms with Gasteiger partial charge in [-0.3, -0.25) is 0 Å². The van der Waals surface area contributed by atoms with Crippen LogP contribution in [-0.4, -0.2) is 26.8 Å². The van der Waals surface area contributed by atoms with Crippen molar-refractivity contribution >= 4 is 29.5 Å². The fourth-order valence-electron chi connectivity index (χ4n) is 1.60. The predicted octanol–water partition coefficient (Wildman–Crippen LogP) is 2.60. The van der Waals surface area contributed by atoms with E-state index in [1.54, 1.807) is 32.0 Å². The fraction of sp³-hybridized carbons (Fsp3) is 0.214. The van der Waals surface area contributed by atoms with Gasteiger partial charge in [0.2, 0.25) is 0 Å². The first-order chi connectivity index (χ1) is 9.95. The molecule has 2 N–H and O–H groups in total. The van der Waals surface area contributed by atoms with Gasteiger partial charge in [-0.2, -0.15) is 0 Å². The maximum atomic E-state index is 11.4. The van der Waals surface area contributed by atoms with E-state index in [0.29, 0.717) is 22.1 Å². The molecule has 0 aliphatic rings. The zero-order chi connectivity index (χ0) is 15.4. The molecule has 2 aromatic rings. The highest BCUT2D eigenvalue weighted by atomic mass is 35.5. The van der Waals surface area contributed by atoms with Crippen LogP contribution in [0.15, 0.2) is 30.6 Å². The van der Waals surface area contributed by atoms with Crippen LogP contribution in [0.4, 0.5) is 5.69 Å². The van der Waals surface area contributed by atoms with Crippen molar-refractivity contribution in [1.29, 1.82) is 0 Å². The van der Waals surface area contributed by atoms with Crippen LogP contribution in [0.25, 0.3) is 17.6 Å². The van der Waals surface area contributed by atoms with Crippen molar-refractivity contribution in [1.82, 2.24) is 14.8 Å². The topological polar surface area (TPSA) is 83.0 Å². The largest absolute Gasteiger partial charge is 0.460 e. The van der Waals surface area contributed by atoms with E-state index in [-0.39, 0.29) is 6.10 Å². The number of carbonyl (C=O) groups is 1. The average molecular weight is 307 g/mol. The highest BCUT2D eigenvalue weighted by Crippen LogP contribution is 2.25. The number of nitrogens with two attached hydrogens (primary N) is 1. The van der Waals surface area contributed by atoms with Gasteiger partial charge in [0.1, 0.15) is 6.33 Å². The number of benzene rings is 1. The van der Waals surface area contributed by atoms with E-state index in [1.165, 1.54) is 23.3 Å². The lowest BCUT2D eigenvalue weighted by Crippen LogP contribution is -2.08. The van der Waals surface area contributed by atoms with Crippen molar-refractivity contribution in [2.75, 3.05) is 5.73 Å². The Morgan fingerprint density at radius 2 is 2.24 bits per heavy atom. The maximum absolute atomic E-state index is 11.4. The Bertz CT molecular complexity index is 679. The Kier molecular flexibility index (Phi) is 4.59. The smallest absolute Gasteiger partial charge is 0.332 e. The molecule has 110 valence electrons. The van der Waals surface area contributed by atoms with Gasteiger partial charge in [0.25, 0.3) is 0 Å². The second-order valence-electron chi connectivity index (χ2n) is 4.58. The third-order valence-electron chi connectivity index (χ3n) is 2.48. The fourth-order valence-corrected chi connectivity index (χ4v) is 1.77. The van der Waals surface area contributed by atoms with Gasteiger partial charge in [-0.05, 0) is 32.0 Å². The van der Waals surface area contributed by atoms with Gasteiger partial charge in [0, 0.05) is 28.5 Å². The standard InChI is InChI=1S/C14H15ClN4O2/c1-9(2)21-13(20)5-6-19-8-17-14(18-19)11-7-10(15)3-4-12(11)16/h3-9H,16H2,1-2H3. The summed E-state index contributed by atoms with van der Waals surface area (Å²) in [6, 6.07) is 5.07. The summed E-state index contributed by atoms with van der Waals surface area (Å²) in [5.41, 5.74) is 7.03. The van der Waals surface area contributed by atoms with Crippen LogP contribution in [-0.2, 0) is 9.53 Å². The molecule has 7 heteroatoms. The van der Waals surface area contributed by atoms with Gasteiger partial charge >= 0.3 is 5.97 Å². The van der Waals surface area contributed by atoms with Crippen molar-refractivity contribution in [3.05, 3.63) is 35.6 Å². The van der Waals surface area contributed by atoms with E-state index in [4.69, 9.17) is 22.1 Å². The summed E-state index contributed by atoms with van der Waals surface area (Å²) >= 11 is 5.93. The van der Waals surface area contributed by atoms with Crippen molar-refractivity contribution in [2.45, 2.75) is 20.0 Å². The summed E-state index contributed by atoms with van der Waals surface area (Å²) in [6.07, 6.45) is 4.04. The summed E-state index contributed by atoms with van der Waals surface area (Å²) in [5.74, 6) is -0.0128. The first kappa shape index (κ1) is 15.1. The van der Waals surface area contributed by atoms with Gasteiger partial charge < -0.3 is 10.5 Å². The van der Waals surface area contributed by atoms with Crippen LogP contribution in [0.3, 0.4) is 0 Å². The third-order valence-corrected chi connectivity index (χ3v) is 2.72. The predicted molar refractivity (Wildman–Crippen MR) is 81.4 cm³/mol. The molecule has 0 saturated heterocycles. The summed E-state index contributed by atoms with van der Waals surface area (Å²) in [5, 5.41) is 4.75. The van der Waals surface area contributed by atoms with Crippen LogP contribution < -0.4 is 5.73 Å². The molecule has 6 nitrogen and oxygen atoms in total. The Morgan fingerprint density at radius 3 is 2.95 bits per heavy atom. The van der Waals surface area contributed by atoms with Crippen LogP contribution in [0.5, 0.6) is 0 Å². The second kappa shape index (κ2) is 6.41. The van der Waals surface area contributed by atoms with E-state index in [1.807, 2.05) is 0 Å². The zero-order valence-corrected chi connectivity index (χ0v) is 12.4. The maximum Gasteiger partial charge on any atom is 0.332 e. The molecule has 0 fully saturated rings. The van der Waals surface area contributed by atoms with Crippen LogP contribution in [0, 0.1) is 0 Å². The van der Waals surface area contributed by atoms with Crippen molar-refractivity contribution in [2.24, 2.45) is 0 Å². The second-order valence-corrected chi connectivity index (χ2v) is 5.02. The molecule has 1 heterocycles. The highest BCUT2D eigenvalue weighted by Gasteiger charge is 2.08. The van der Waals surface area contributed by atoms with Gasteiger partial charge in [-0.1, -0.05) is 11.6 Å². The molecule has 2 rings (SSSR count). The normalized spacial score (nSPS) is 11.2. The Morgan fingerprint density at radius 1 is 1.48 bits per heavy atom. The van der Waals surface area contributed by atoms with Gasteiger partial charge in [0.05, 0.1) is 6.10 Å². The molecule has 0 atom stereocenters. The molecule has 0 amide bonds. The number of anilines is 1.